The van der Waals surface area contributed by atoms with Crippen molar-refractivity contribution in [3.63, 3.8) is 0 Å². The van der Waals surface area contributed by atoms with Crippen LogP contribution in [0.2, 0.25) is 0 Å². The van der Waals surface area contributed by atoms with E-state index in [1.54, 1.807) is 0 Å². The minimum Gasteiger partial charge on any atom is -0.740 e. The van der Waals surface area contributed by atoms with Crippen LogP contribution in [0.4, 0.5) is 11.7 Å². The lowest BCUT2D eigenvalue weighted by atomic mass is 15.9. The fourth-order valence-electron chi connectivity index (χ4n) is 0. The predicted molar refractivity (Wildman–Crippen MR) is 11.7 cm³/mol. The zero-order valence-corrected chi connectivity index (χ0v) is 2.77. The third kappa shape index (κ3) is 1810. The first-order valence-electron chi connectivity index (χ1n) is 0.630. The van der Waals surface area contributed by atoms with Gasteiger partial charge in [0.2, 0.25) is 0 Å². The van der Waals surface area contributed by atoms with Crippen molar-refractivity contribution in [3.8, 4) is 0 Å². The molecule has 0 fully saturated rings. The summed E-state index contributed by atoms with van der Waals surface area (Å²) in [5.74, 6) is 0. The van der Waals surface area contributed by atoms with Gasteiger partial charge in [0.15, 0.2) is 11.5 Å². The van der Waals surface area contributed by atoms with E-state index in [1.165, 1.54) is 0 Å². The molecule has 0 atom stereocenters. The Morgan fingerprint density at radius 1 is 1.20 bits per heavy atom. The highest BCUT2D eigenvalue weighted by atomic mass is 32.4. The molecular weight excluding hydrogens is 105 g/mol. The van der Waals surface area contributed by atoms with E-state index in [-0.39, 0.29) is 0 Å². The molecular formula is F3OS-. The average Bonchev–Trinajstić information content (AvgIpc) is 0.722. The van der Waals surface area contributed by atoms with Crippen molar-refractivity contribution in [1.82, 2.24) is 0 Å². The van der Waals surface area contributed by atoms with Gasteiger partial charge in [0.05, 0.1) is 0 Å². The molecule has 0 N–H and O–H groups in total. The highest BCUT2D eigenvalue weighted by Crippen LogP contribution is 2.47. The molecule has 0 saturated heterocycles. The Labute approximate surface area is 28.8 Å². The first-order chi connectivity index (χ1) is 2.00. The molecule has 0 radical (unpaired) electrons. The molecule has 0 rings (SSSR count). The molecule has 5 heteroatoms. The SMILES string of the molecule is [O-]S(F)(F)F. The Bertz CT molecular complexity index is 22.4. The van der Waals surface area contributed by atoms with E-state index in [1.807, 2.05) is 0 Å². The van der Waals surface area contributed by atoms with Crippen LogP contribution in [-0.2, 0) is 0 Å². The average molecular weight is 105 g/mol. The number of rotatable bonds is 0. The van der Waals surface area contributed by atoms with Crippen LogP contribution in [0.3, 0.4) is 0 Å². The second kappa shape index (κ2) is 1.06. The monoisotopic (exact) mass is 105 g/mol. The summed E-state index contributed by atoms with van der Waals surface area (Å²) in [5, 5.41) is 0. The van der Waals surface area contributed by atoms with Crippen molar-refractivity contribution < 1.29 is 16.2 Å². The lowest BCUT2D eigenvalue weighted by Crippen LogP contribution is -1.61. The van der Waals surface area contributed by atoms with Gasteiger partial charge >= 0.3 is 0 Å². The molecule has 0 aliphatic rings. The largest absolute Gasteiger partial charge is 0.740 e. The Morgan fingerprint density at radius 3 is 1.20 bits per heavy atom. The van der Waals surface area contributed by atoms with E-state index < -0.39 is 11.5 Å². The van der Waals surface area contributed by atoms with Crippen molar-refractivity contribution in [3.05, 3.63) is 0 Å². The van der Waals surface area contributed by atoms with Crippen LogP contribution in [0.15, 0.2) is 0 Å². The molecule has 0 bridgehead atoms. The van der Waals surface area contributed by atoms with E-state index >= 15 is 0 Å². The van der Waals surface area contributed by atoms with Gasteiger partial charge in [-0.25, -0.2) is 0 Å². The van der Waals surface area contributed by atoms with Crippen molar-refractivity contribution in [2.45, 2.75) is 0 Å². The highest BCUT2D eigenvalue weighted by Gasteiger charge is 1.96. The van der Waals surface area contributed by atoms with Gasteiger partial charge in [-0.15, -0.1) is 11.7 Å². The molecule has 0 aliphatic carbocycles. The van der Waals surface area contributed by atoms with E-state index in [0.717, 1.165) is 0 Å². The minimum atomic E-state index is -5.92. The van der Waals surface area contributed by atoms with Crippen LogP contribution < -0.4 is 0 Å². The lowest BCUT2D eigenvalue weighted by molar-refractivity contribution is 0.423. The topological polar surface area (TPSA) is 23.1 Å². The molecule has 0 saturated carbocycles. The Kier molecular flexibility index (Phi) is 1.08. The van der Waals surface area contributed by atoms with Gasteiger partial charge < -0.3 is 4.55 Å². The van der Waals surface area contributed by atoms with Gasteiger partial charge in [0.1, 0.15) is 0 Å². The standard InChI is InChI=1S/F3HOS/c1-5(2,3)4/h4H/p-1. The van der Waals surface area contributed by atoms with Gasteiger partial charge in [-0.1, -0.05) is 0 Å². The van der Waals surface area contributed by atoms with Crippen LogP contribution in [-0.4, -0.2) is 4.55 Å². The Hall–Kier alpha value is 0.100. The van der Waals surface area contributed by atoms with Crippen LogP contribution >= 0.6 is 11.5 Å². The minimum absolute atomic E-state index is 5.92. The fraction of sp³-hybridized carbons (Fsp3) is 0. The van der Waals surface area contributed by atoms with Crippen molar-refractivity contribution >= 4 is 11.5 Å². The zero-order chi connectivity index (χ0) is 4.50. The van der Waals surface area contributed by atoms with E-state index in [9.17, 15) is 11.7 Å². The van der Waals surface area contributed by atoms with E-state index in [2.05, 4.69) is 0 Å². The summed E-state index contributed by atoms with van der Waals surface area (Å²) in [6.07, 6.45) is 0. The molecule has 1 nitrogen and oxygen atoms in total. The fourth-order valence-corrected chi connectivity index (χ4v) is 0. The van der Waals surface area contributed by atoms with Crippen LogP contribution in [0, 0.1) is 0 Å². The third-order valence-corrected chi connectivity index (χ3v) is 0. The normalized spacial score (nSPS) is 15.2. The highest BCUT2D eigenvalue weighted by molar-refractivity contribution is 8.15. The molecule has 0 aromatic rings. The first kappa shape index (κ1) is 5.10. The molecule has 34 valence electrons. The van der Waals surface area contributed by atoms with Gasteiger partial charge in [-0.3, -0.25) is 0 Å². The van der Waals surface area contributed by atoms with E-state index in [4.69, 9.17) is 4.55 Å². The lowest BCUT2D eigenvalue weighted by Gasteiger charge is -2.10. The number of hydrogen-bond donors (Lipinski definition) is 0. The van der Waals surface area contributed by atoms with Gasteiger partial charge in [0.25, 0.3) is 0 Å². The molecule has 0 heterocycles. The molecule has 0 aliphatic heterocycles. The predicted octanol–water partition coefficient (Wildman–Crippen LogP) is 1.57. The summed E-state index contributed by atoms with van der Waals surface area (Å²) in [7, 11) is 0. The first-order valence-corrected chi connectivity index (χ1v) is 1.89. The summed E-state index contributed by atoms with van der Waals surface area (Å²) in [4.78, 5) is 0. The molecule has 0 spiro atoms. The maximum atomic E-state index is 9.88. The van der Waals surface area contributed by atoms with Gasteiger partial charge in [0, 0.05) is 0 Å². The second-order valence-corrected chi connectivity index (χ2v) is 1.09. The summed E-state index contributed by atoms with van der Waals surface area (Å²) in [6.45, 7) is 0. The van der Waals surface area contributed by atoms with Crippen LogP contribution in [0.1, 0.15) is 0 Å². The molecule has 0 amide bonds. The number of halogens is 3. The van der Waals surface area contributed by atoms with E-state index in [0.29, 0.717) is 0 Å². The zero-order valence-electron chi connectivity index (χ0n) is 1.95. The smallest absolute Gasteiger partial charge is 0.156 e. The second-order valence-electron chi connectivity index (χ2n) is 0.364. The summed E-state index contributed by atoms with van der Waals surface area (Å²) < 4.78 is 37.8. The van der Waals surface area contributed by atoms with Crippen molar-refractivity contribution in [1.29, 1.82) is 0 Å². The number of hydrogen-bond acceptors (Lipinski definition) is 1. The maximum Gasteiger partial charge on any atom is 0.156 e. The summed E-state index contributed by atoms with van der Waals surface area (Å²) in [5.41, 5.74) is 0. The van der Waals surface area contributed by atoms with Crippen molar-refractivity contribution in [2.75, 3.05) is 0 Å². The molecule has 0 unspecified atom stereocenters. The summed E-state index contributed by atoms with van der Waals surface area (Å²) in [6, 6.07) is 0. The third-order valence-electron chi connectivity index (χ3n) is 0. The quantitative estimate of drug-likeness (QED) is 0.458. The van der Waals surface area contributed by atoms with Gasteiger partial charge in [-0.2, -0.15) is 0 Å². The van der Waals surface area contributed by atoms with Crippen molar-refractivity contribution in [2.24, 2.45) is 0 Å². The van der Waals surface area contributed by atoms with Gasteiger partial charge in [-0.05, 0) is 0 Å². The molecule has 0 aromatic carbocycles. The summed E-state index contributed by atoms with van der Waals surface area (Å²) >= 11 is -5.92. The Morgan fingerprint density at radius 2 is 1.20 bits per heavy atom. The Balaban J connectivity index is 3.02. The molecule has 5 heavy (non-hydrogen) atoms. The van der Waals surface area contributed by atoms with Crippen LogP contribution in [0.25, 0.3) is 0 Å². The maximum absolute atomic E-state index is 9.88. The van der Waals surface area contributed by atoms with Crippen LogP contribution in [0.5, 0.6) is 0 Å². The molecule has 0 aromatic heterocycles.